The summed E-state index contributed by atoms with van der Waals surface area (Å²) in [4.78, 5) is 0. The molecule has 0 aliphatic carbocycles. The van der Waals surface area contributed by atoms with Gasteiger partial charge in [0, 0.05) is 6.54 Å². The van der Waals surface area contributed by atoms with Crippen molar-refractivity contribution in [3.05, 3.63) is 11.9 Å². The van der Waals surface area contributed by atoms with E-state index in [1.165, 1.54) is 0 Å². The summed E-state index contributed by atoms with van der Waals surface area (Å²) in [6, 6.07) is 0. The molecule has 0 aromatic carbocycles. The highest BCUT2D eigenvalue weighted by molar-refractivity contribution is 4.98. The second kappa shape index (κ2) is 4.97. The normalized spacial score (nSPS) is 13.2. The molecule has 0 radical (unpaired) electrons. The van der Waals surface area contributed by atoms with Gasteiger partial charge in [0.1, 0.15) is 0 Å². The summed E-state index contributed by atoms with van der Waals surface area (Å²) in [7, 11) is 0. The minimum absolute atomic E-state index is 0.411. The van der Waals surface area contributed by atoms with E-state index in [-0.39, 0.29) is 0 Å². The van der Waals surface area contributed by atoms with Crippen molar-refractivity contribution in [3.8, 4) is 0 Å². The van der Waals surface area contributed by atoms with Crippen molar-refractivity contribution in [2.75, 3.05) is 0 Å². The molecule has 1 N–H and O–H groups in total. The second-order valence-corrected chi connectivity index (χ2v) is 3.19. The first-order valence-electron chi connectivity index (χ1n) is 4.86. The molecule has 1 aromatic heterocycles. The molecular formula is C9H17N3O. The van der Waals surface area contributed by atoms with E-state index in [0.29, 0.717) is 0 Å². The van der Waals surface area contributed by atoms with Gasteiger partial charge in [-0.2, -0.15) is 0 Å². The lowest BCUT2D eigenvalue weighted by Crippen LogP contribution is -2.08. The first kappa shape index (κ1) is 10.2. The Morgan fingerprint density at radius 2 is 2.23 bits per heavy atom. The van der Waals surface area contributed by atoms with Crippen molar-refractivity contribution in [3.63, 3.8) is 0 Å². The Bertz CT molecular complexity index is 247. The topological polar surface area (TPSA) is 50.9 Å². The Balaban J connectivity index is 2.68. The number of aryl methyl sites for hydroxylation is 1. The van der Waals surface area contributed by atoms with E-state index in [1.54, 1.807) is 10.9 Å². The maximum absolute atomic E-state index is 9.72. The molecule has 1 atom stereocenters. The first-order valence-corrected chi connectivity index (χ1v) is 4.86. The van der Waals surface area contributed by atoms with Crippen LogP contribution in [0.25, 0.3) is 0 Å². The van der Waals surface area contributed by atoms with Crippen molar-refractivity contribution >= 4 is 0 Å². The van der Waals surface area contributed by atoms with Crippen LogP contribution >= 0.6 is 0 Å². The maximum Gasteiger partial charge on any atom is 0.0973 e. The highest BCUT2D eigenvalue weighted by Gasteiger charge is 2.12. The third-order valence-corrected chi connectivity index (χ3v) is 1.99. The zero-order valence-corrected chi connectivity index (χ0v) is 8.27. The lowest BCUT2D eigenvalue weighted by molar-refractivity contribution is 0.155. The standard InChI is InChI=1S/C9H17N3O/c1-3-5-9(13)8-7-10-11-12(8)6-4-2/h7,9,13H,3-6H2,1-2H3. The minimum Gasteiger partial charge on any atom is -0.387 e. The highest BCUT2D eigenvalue weighted by atomic mass is 16.3. The van der Waals surface area contributed by atoms with Crippen molar-refractivity contribution in [2.24, 2.45) is 0 Å². The predicted octanol–water partition coefficient (Wildman–Crippen LogP) is 1.52. The summed E-state index contributed by atoms with van der Waals surface area (Å²) in [5, 5.41) is 17.4. The summed E-state index contributed by atoms with van der Waals surface area (Å²) >= 11 is 0. The van der Waals surface area contributed by atoms with E-state index in [2.05, 4.69) is 24.2 Å². The van der Waals surface area contributed by atoms with Crippen LogP contribution in [0.15, 0.2) is 6.20 Å². The van der Waals surface area contributed by atoms with E-state index in [0.717, 1.165) is 31.5 Å². The van der Waals surface area contributed by atoms with Gasteiger partial charge in [-0.1, -0.05) is 25.5 Å². The monoisotopic (exact) mass is 183 g/mol. The number of hydrogen-bond donors (Lipinski definition) is 1. The molecule has 0 aliphatic rings. The van der Waals surface area contributed by atoms with Gasteiger partial charge in [0.05, 0.1) is 18.0 Å². The molecule has 0 bridgehead atoms. The van der Waals surface area contributed by atoms with Gasteiger partial charge in [-0.15, -0.1) is 5.10 Å². The van der Waals surface area contributed by atoms with Crippen LogP contribution in [0, 0.1) is 0 Å². The van der Waals surface area contributed by atoms with Crippen LogP contribution in [0.2, 0.25) is 0 Å². The molecule has 1 aromatic rings. The van der Waals surface area contributed by atoms with Gasteiger partial charge < -0.3 is 5.11 Å². The van der Waals surface area contributed by atoms with E-state index < -0.39 is 6.10 Å². The molecule has 0 saturated heterocycles. The van der Waals surface area contributed by atoms with Crippen LogP contribution in [-0.4, -0.2) is 20.1 Å². The molecule has 0 saturated carbocycles. The molecule has 13 heavy (non-hydrogen) atoms. The number of rotatable bonds is 5. The van der Waals surface area contributed by atoms with Gasteiger partial charge in [-0.05, 0) is 12.8 Å². The summed E-state index contributed by atoms with van der Waals surface area (Å²) in [6.07, 6.45) is 3.99. The predicted molar refractivity (Wildman–Crippen MR) is 50.2 cm³/mol. The Kier molecular flexibility index (Phi) is 3.89. The first-order chi connectivity index (χ1) is 6.29. The van der Waals surface area contributed by atoms with Crippen molar-refractivity contribution in [1.29, 1.82) is 0 Å². The number of aliphatic hydroxyl groups excluding tert-OH is 1. The second-order valence-electron chi connectivity index (χ2n) is 3.19. The Labute approximate surface area is 78.6 Å². The van der Waals surface area contributed by atoms with Crippen LogP contribution in [0.1, 0.15) is 44.9 Å². The fraction of sp³-hybridized carbons (Fsp3) is 0.778. The third kappa shape index (κ3) is 2.52. The molecule has 74 valence electrons. The van der Waals surface area contributed by atoms with Crippen LogP contribution in [-0.2, 0) is 6.54 Å². The van der Waals surface area contributed by atoms with Gasteiger partial charge in [0.15, 0.2) is 0 Å². The number of aliphatic hydroxyl groups is 1. The lowest BCUT2D eigenvalue weighted by Gasteiger charge is -2.10. The largest absolute Gasteiger partial charge is 0.387 e. The van der Waals surface area contributed by atoms with Gasteiger partial charge in [0.2, 0.25) is 0 Å². The molecule has 1 heterocycles. The summed E-state index contributed by atoms with van der Waals surface area (Å²) in [5.74, 6) is 0. The average Bonchev–Trinajstić information content (AvgIpc) is 2.54. The highest BCUT2D eigenvalue weighted by Crippen LogP contribution is 2.16. The van der Waals surface area contributed by atoms with Crippen molar-refractivity contribution < 1.29 is 5.11 Å². The summed E-state index contributed by atoms with van der Waals surface area (Å²) in [6.45, 7) is 4.96. The zero-order valence-electron chi connectivity index (χ0n) is 8.27. The number of nitrogens with zero attached hydrogens (tertiary/aromatic N) is 3. The molecule has 0 fully saturated rings. The van der Waals surface area contributed by atoms with Gasteiger partial charge >= 0.3 is 0 Å². The molecule has 1 unspecified atom stereocenters. The Morgan fingerprint density at radius 1 is 1.46 bits per heavy atom. The number of hydrogen-bond acceptors (Lipinski definition) is 3. The smallest absolute Gasteiger partial charge is 0.0973 e. The Morgan fingerprint density at radius 3 is 2.85 bits per heavy atom. The molecule has 4 nitrogen and oxygen atoms in total. The van der Waals surface area contributed by atoms with Gasteiger partial charge in [0.25, 0.3) is 0 Å². The van der Waals surface area contributed by atoms with Gasteiger partial charge in [-0.3, -0.25) is 0 Å². The lowest BCUT2D eigenvalue weighted by atomic mass is 10.1. The molecule has 0 amide bonds. The van der Waals surface area contributed by atoms with Crippen molar-refractivity contribution in [1.82, 2.24) is 15.0 Å². The van der Waals surface area contributed by atoms with Gasteiger partial charge in [-0.25, -0.2) is 4.68 Å². The summed E-state index contributed by atoms with van der Waals surface area (Å²) in [5.41, 5.74) is 0.837. The number of aromatic nitrogens is 3. The average molecular weight is 183 g/mol. The van der Waals surface area contributed by atoms with E-state index in [4.69, 9.17) is 0 Å². The quantitative estimate of drug-likeness (QED) is 0.753. The fourth-order valence-electron chi connectivity index (χ4n) is 1.33. The molecule has 4 heteroatoms. The van der Waals surface area contributed by atoms with Crippen LogP contribution in [0.3, 0.4) is 0 Å². The van der Waals surface area contributed by atoms with Crippen molar-refractivity contribution in [2.45, 2.75) is 45.8 Å². The maximum atomic E-state index is 9.72. The molecule has 0 aliphatic heterocycles. The van der Waals surface area contributed by atoms with Crippen LogP contribution in [0.4, 0.5) is 0 Å². The minimum atomic E-state index is -0.411. The third-order valence-electron chi connectivity index (χ3n) is 1.99. The van der Waals surface area contributed by atoms with E-state index in [9.17, 15) is 5.11 Å². The fourth-order valence-corrected chi connectivity index (χ4v) is 1.33. The van der Waals surface area contributed by atoms with E-state index in [1.807, 2.05) is 0 Å². The molecule has 0 spiro atoms. The van der Waals surface area contributed by atoms with E-state index >= 15 is 0 Å². The molecular weight excluding hydrogens is 166 g/mol. The zero-order chi connectivity index (χ0) is 9.68. The molecule has 1 rings (SSSR count). The summed E-state index contributed by atoms with van der Waals surface area (Å²) < 4.78 is 1.78. The Hall–Kier alpha value is -0.900. The SMILES string of the molecule is CCCC(O)c1cnnn1CCC. The van der Waals surface area contributed by atoms with Crippen LogP contribution < -0.4 is 0 Å². The van der Waals surface area contributed by atoms with Crippen LogP contribution in [0.5, 0.6) is 0 Å².